The molecule has 0 radical (unpaired) electrons. The Kier molecular flexibility index (Phi) is 3.96. The first kappa shape index (κ1) is 14.1. The van der Waals surface area contributed by atoms with Gasteiger partial charge in [0, 0.05) is 13.1 Å². The van der Waals surface area contributed by atoms with E-state index in [0.29, 0.717) is 0 Å². The van der Waals surface area contributed by atoms with Crippen LogP contribution in [-0.4, -0.2) is 25.0 Å². The predicted molar refractivity (Wildman–Crippen MR) is 79.1 cm³/mol. The molecule has 0 heterocycles. The molecular weight excluding hydrogens is 232 g/mol. The first-order valence-electron chi connectivity index (χ1n) is 7.13. The van der Waals surface area contributed by atoms with Crippen LogP contribution in [0.25, 0.3) is 0 Å². The van der Waals surface area contributed by atoms with E-state index in [2.05, 4.69) is 50.9 Å². The maximum atomic E-state index is 9.13. The summed E-state index contributed by atoms with van der Waals surface area (Å²) in [7, 11) is 2.13. The Balaban J connectivity index is 1.92. The van der Waals surface area contributed by atoms with E-state index < -0.39 is 0 Å². The van der Waals surface area contributed by atoms with E-state index in [1.807, 2.05) is 0 Å². The molecule has 102 valence electrons. The van der Waals surface area contributed by atoms with Gasteiger partial charge in [-0.15, -0.1) is 0 Å². The zero-order chi connectivity index (χ0) is 14.0. The van der Waals surface area contributed by atoms with Crippen LogP contribution < -0.4 is 0 Å². The van der Waals surface area contributed by atoms with Gasteiger partial charge in [-0.3, -0.25) is 0 Å². The Hall–Kier alpha value is -1.33. The highest BCUT2D eigenvalue weighted by Gasteiger charge is 2.43. The normalized spacial score (nSPS) is 16.4. The molecule has 0 saturated heterocycles. The molecule has 1 aliphatic rings. The molecule has 1 aliphatic carbocycles. The maximum absolute atomic E-state index is 9.13. The molecule has 0 bridgehead atoms. The molecule has 0 aliphatic heterocycles. The van der Waals surface area contributed by atoms with Crippen LogP contribution in [-0.2, 0) is 6.42 Å². The highest BCUT2D eigenvalue weighted by Crippen LogP contribution is 2.45. The summed E-state index contributed by atoms with van der Waals surface area (Å²) in [4.78, 5) is 2.31. The van der Waals surface area contributed by atoms with E-state index in [0.717, 1.165) is 32.4 Å². The molecule has 0 amide bonds. The molecule has 1 saturated carbocycles. The Morgan fingerprint density at radius 2 is 1.89 bits per heavy atom. The van der Waals surface area contributed by atoms with Gasteiger partial charge in [-0.25, -0.2) is 0 Å². The molecule has 19 heavy (non-hydrogen) atoms. The van der Waals surface area contributed by atoms with Crippen LogP contribution in [0, 0.1) is 37.5 Å². The van der Waals surface area contributed by atoms with Crippen LogP contribution in [0.1, 0.15) is 35.1 Å². The molecule has 2 rings (SSSR count). The van der Waals surface area contributed by atoms with Crippen molar-refractivity contribution in [3.8, 4) is 6.07 Å². The Morgan fingerprint density at radius 1 is 1.21 bits per heavy atom. The smallest absolute Gasteiger partial charge is 0.0703 e. The van der Waals surface area contributed by atoms with E-state index in [-0.39, 0.29) is 5.41 Å². The lowest BCUT2D eigenvalue weighted by Crippen LogP contribution is -2.28. The number of hydrogen-bond acceptors (Lipinski definition) is 2. The fraction of sp³-hybridized carbons (Fsp3) is 0.588. The quantitative estimate of drug-likeness (QED) is 0.807. The standard InChI is InChI=1S/C17H24N2/c1-13-5-6-16(15(3)14(13)2)7-10-19(4)12-17(11-18)8-9-17/h5-6H,7-10,12H2,1-4H3. The molecule has 0 spiro atoms. The van der Waals surface area contributed by atoms with Crippen LogP contribution in [0.15, 0.2) is 12.1 Å². The molecule has 1 aromatic rings. The van der Waals surface area contributed by atoms with Gasteiger partial charge in [-0.05, 0) is 69.3 Å². The molecule has 2 heteroatoms. The van der Waals surface area contributed by atoms with Crippen LogP contribution in [0.2, 0.25) is 0 Å². The van der Waals surface area contributed by atoms with Crippen molar-refractivity contribution in [2.45, 2.75) is 40.0 Å². The summed E-state index contributed by atoms with van der Waals surface area (Å²) in [6.07, 6.45) is 3.23. The second-order valence-corrected chi connectivity index (χ2v) is 6.17. The lowest BCUT2D eigenvalue weighted by atomic mass is 9.97. The zero-order valence-electron chi connectivity index (χ0n) is 12.6. The summed E-state index contributed by atoms with van der Waals surface area (Å²) in [5.74, 6) is 0. The van der Waals surface area contributed by atoms with Gasteiger partial charge in [0.15, 0.2) is 0 Å². The van der Waals surface area contributed by atoms with E-state index >= 15 is 0 Å². The van der Waals surface area contributed by atoms with Gasteiger partial charge in [-0.1, -0.05) is 12.1 Å². The minimum atomic E-state index is -0.0208. The second kappa shape index (κ2) is 5.35. The number of nitrogens with zero attached hydrogens (tertiary/aromatic N) is 2. The van der Waals surface area contributed by atoms with Gasteiger partial charge < -0.3 is 4.90 Å². The minimum Gasteiger partial charge on any atom is -0.304 e. The third-order valence-corrected chi connectivity index (χ3v) is 4.60. The van der Waals surface area contributed by atoms with Crippen LogP contribution in [0.5, 0.6) is 0 Å². The van der Waals surface area contributed by atoms with Crippen molar-refractivity contribution >= 4 is 0 Å². The largest absolute Gasteiger partial charge is 0.304 e. The highest BCUT2D eigenvalue weighted by molar-refractivity contribution is 5.38. The van der Waals surface area contributed by atoms with Gasteiger partial charge in [0.2, 0.25) is 0 Å². The van der Waals surface area contributed by atoms with Crippen molar-refractivity contribution in [1.82, 2.24) is 4.90 Å². The van der Waals surface area contributed by atoms with Crippen molar-refractivity contribution in [1.29, 1.82) is 5.26 Å². The number of rotatable bonds is 5. The summed E-state index contributed by atoms with van der Waals surface area (Å²) in [6, 6.07) is 6.94. The molecule has 0 atom stereocenters. The van der Waals surface area contributed by atoms with Gasteiger partial charge in [0.1, 0.15) is 0 Å². The van der Waals surface area contributed by atoms with Crippen LogP contribution in [0.4, 0.5) is 0 Å². The fourth-order valence-electron chi connectivity index (χ4n) is 2.65. The number of benzene rings is 1. The average molecular weight is 256 g/mol. The number of nitriles is 1. The lowest BCUT2D eigenvalue weighted by Gasteiger charge is -2.20. The summed E-state index contributed by atoms with van der Waals surface area (Å²) in [5.41, 5.74) is 5.63. The van der Waals surface area contributed by atoms with E-state index in [9.17, 15) is 0 Å². The highest BCUT2D eigenvalue weighted by atomic mass is 15.1. The molecule has 0 N–H and O–H groups in total. The topological polar surface area (TPSA) is 27.0 Å². The molecule has 0 unspecified atom stereocenters. The summed E-state index contributed by atoms with van der Waals surface area (Å²) in [5, 5.41) is 9.13. The van der Waals surface area contributed by atoms with Gasteiger partial charge in [0.25, 0.3) is 0 Å². The van der Waals surface area contributed by atoms with Gasteiger partial charge >= 0.3 is 0 Å². The van der Waals surface area contributed by atoms with E-state index in [4.69, 9.17) is 5.26 Å². The Bertz CT molecular complexity index is 507. The summed E-state index contributed by atoms with van der Waals surface area (Å²) >= 11 is 0. The number of aryl methyl sites for hydroxylation is 1. The van der Waals surface area contributed by atoms with Crippen molar-refractivity contribution in [3.63, 3.8) is 0 Å². The van der Waals surface area contributed by atoms with Gasteiger partial charge in [-0.2, -0.15) is 5.26 Å². The number of hydrogen-bond donors (Lipinski definition) is 0. The zero-order valence-corrected chi connectivity index (χ0v) is 12.6. The summed E-state index contributed by atoms with van der Waals surface area (Å²) < 4.78 is 0. The lowest BCUT2D eigenvalue weighted by molar-refractivity contribution is 0.297. The van der Waals surface area contributed by atoms with Crippen molar-refractivity contribution in [2.75, 3.05) is 20.1 Å². The monoisotopic (exact) mass is 256 g/mol. The van der Waals surface area contributed by atoms with Gasteiger partial charge in [0.05, 0.1) is 11.5 Å². The first-order valence-corrected chi connectivity index (χ1v) is 7.13. The Labute approximate surface area is 117 Å². The maximum Gasteiger partial charge on any atom is 0.0703 e. The van der Waals surface area contributed by atoms with Crippen molar-refractivity contribution in [2.24, 2.45) is 5.41 Å². The third kappa shape index (κ3) is 3.16. The molecule has 1 fully saturated rings. The first-order chi connectivity index (χ1) is 8.97. The third-order valence-electron chi connectivity index (χ3n) is 4.60. The minimum absolute atomic E-state index is 0.0208. The van der Waals surface area contributed by atoms with Crippen molar-refractivity contribution < 1.29 is 0 Å². The molecular formula is C17H24N2. The molecule has 1 aromatic carbocycles. The average Bonchev–Trinajstić information content (AvgIpc) is 3.15. The van der Waals surface area contributed by atoms with E-state index in [1.54, 1.807) is 0 Å². The van der Waals surface area contributed by atoms with Crippen LogP contribution >= 0.6 is 0 Å². The second-order valence-electron chi connectivity index (χ2n) is 6.17. The SMILES string of the molecule is Cc1ccc(CCN(C)CC2(C#N)CC2)c(C)c1C. The van der Waals surface area contributed by atoms with Crippen LogP contribution in [0.3, 0.4) is 0 Å². The molecule has 2 nitrogen and oxygen atoms in total. The predicted octanol–water partition coefficient (Wildman–Crippen LogP) is 3.39. The van der Waals surface area contributed by atoms with E-state index in [1.165, 1.54) is 22.3 Å². The molecule has 0 aromatic heterocycles. The summed E-state index contributed by atoms with van der Waals surface area (Å²) in [6.45, 7) is 8.55. The Morgan fingerprint density at radius 3 is 2.47 bits per heavy atom. The van der Waals surface area contributed by atoms with Crippen molar-refractivity contribution in [3.05, 3.63) is 34.4 Å². The number of likely N-dealkylation sites (N-methyl/N-ethyl adjacent to an activating group) is 1. The fourth-order valence-corrected chi connectivity index (χ4v) is 2.65.